The Balaban J connectivity index is 2.01. The molecule has 0 spiro atoms. The highest BCUT2D eigenvalue weighted by molar-refractivity contribution is 9.10. The maximum Gasteiger partial charge on any atom is 0.131 e. The summed E-state index contributed by atoms with van der Waals surface area (Å²) >= 11 is 3.48. The molecule has 1 aromatic rings. The third-order valence-corrected chi connectivity index (χ3v) is 4.03. The molecule has 0 aliphatic carbocycles. The molecule has 2 heterocycles. The third kappa shape index (κ3) is 3.93. The Kier molecular flexibility index (Phi) is 5.22. The summed E-state index contributed by atoms with van der Waals surface area (Å²) in [5.74, 6) is 1.86. The lowest BCUT2D eigenvalue weighted by molar-refractivity contribution is 0.511. The molecule has 1 saturated heterocycles. The minimum atomic E-state index is 0.589. The second kappa shape index (κ2) is 6.71. The molecule has 1 unspecified atom stereocenters. The Morgan fingerprint density at radius 3 is 3.00 bits per heavy atom. The molecule has 1 fully saturated rings. The van der Waals surface area contributed by atoms with Crippen molar-refractivity contribution >= 4 is 21.7 Å². The maximum absolute atomic E-state index is 4.60. The summed E-state index contributed by atoms with van der Waals surface area (Å²) in [4.78, 5) is 7.07. The fourth-order valence-electron chi connectivity index (χ4n) is 2.70. The van der Waals surface area contributed by atoms with Crippen LogP contribution in [0.5, 0.6) is 0 Å². The van der Waals surface area contributed by atoms with E-state index in [1.165, 1.54) is 18.4 Å². The molecule has 1 aliphatic heterocycles. The fourth-order valence-corrected chi connectivity index (χ4v) is 3.15. The fraction of sp³-hybridized carbons (Fsp3) is 0.667. The van der Waals surface area contributed by atoms with Gasteiger partial charge in [0.05, 0.1) is 0 Å². The van der Waals surface area contributed by atoms with E-state index in [1.807, 2.05) is 6.20 Å². The highest BCUT2D eigenvalue weighted by Crippen LogP contribution is 2.27. The summed E-state index contributed by atoms with van der Waals surface area (Å²) in [5, 5.41) is 3.58. The highest BCUT2D eigenvalue weighted by Gasteiger charge is 2.26. The van der Waals surface area contributed by atoms with Crippen LogP contribution in [-0.2, 0) is 0 Å². The Labute approximate surface area is 124 Å². The lowest BCUT2D eigenvalue weighted by Crippen LogP contribution is -2.39. The van der Waals surface area contributed by atoms with E-state index in [-0.39, 0.29) is 0 Å². The number of halogens is 1. The molecule has 19 heavy (non-hydrogen) atoms. The molecule has 0 amide bonds. The Morgan fingerprint density at radius 1 is 1.53 bits per heavy atom. The number of aromatic nitrogens is 1. The first-order chi connectivity index (χ1) is 9.08. The number of nitrogens with zero attached hydrogens (tertiary/aromatic N) is 2. The van der Waals surface area contributed by atoms with E-state index >= 15 is 0 Å². The number of nitrogens with one attached hydrogen (secondary N) is 1. The predicted molar refractivity (Wildman–Crippen MR) is 84.7 cm³/mol. The Bertz CT molecular complexity index is 420. The number of aryl methyl sites for hydroxylation is 1. The van der Waals surface area contributed by atoms with Gasteiger partial charge in [-0.3, -0.25) is 0 Å². The van der Waals surface area contributed by atoms with Crippen LogP contribution < -0.4 is 10.2 Å². The third-order valence-electron chi connectivity index (χ3n) is 3.60. The summed E-state index contributed by atoms with van der Waals surface area (Å²) in [7, 11) is 0. The van der Waals surface area contributed by atoms with Crippen LogP contribution in [0.25, 0.3) is 0 Å². The van der Waals surface area contributed by atoms with Crippen LogP contribution in [-0.4, -0.2) is 30.7 Å². The van der Waals surface area contributed by atoms with Gasteiger partial charge in [-0.15, -0.1) is 0 Å². The summed E-state index contributed by atoms with van der Waals surface area (Å²) in [6.45, 7) is 9.93. The van der Waals surface area contributed by atoms with Gasteiger partial charge in [0.2, 0.25) is 0 Å². The smallest absolute Gasteiger partial charge is 0.131 e. The molecule has 1 N–H and O–H groups in total. The van der Waals surface area contributed by atoms with Gasteiger partial charge >= 0.3 is 0 Å². The molecule has 0 aromatic carbocycles. The van der Waals surface area contributed by atoms with E-state index in [9.17, 15) is 0 Å². The number of hydrogen-bond acceptors (Lipinski definition) is 3. The molecular weight excluding hydrogens is 302 g/mol. The number of pyridine rings is 1. The molecule has 0 saturated carbocycles. The second-order valence-electron chi connectivity index (χ2n) is 5.84. The average molecular weight is 326 g/mol. The maximum atomic E-state index is 4.60. The minimum Gasteiger partial charge on any atom is -0.352 e. The molecule has 0 bridgehead atoms. The van der Waals surface area contributed by atoms with Crippen LogP contribution in [0.4, 0.5) is 5.82 Å². The van der Waals surface area contributed by atoms with E-state index in [4.69, 9.17) is 0 Å². The van der Waals surface area contributed by atoms with Crippen molar-refractivity contribution in [2.75, 3.05) is 24.5 Å². The minimum absolute atomic E-state index is 0.589. The summed E-state index contributed by atoms with van der Waals surface area (Å²) in [6.07, 6.45) is 4.44. The molecule has 0 radical (unpaired) electrons. The zero-order valence-corrected chi connectivity index (χ0v) is 13.7. The van der Waals surface area contributed by atoms with Crippen molar-refractivity contribution in [1.82, 2.24) is 10.3 Å². The largest absolute Gasteiger partial charge is 0.352 e. The van der Waals surface area contributed by atoms with Crippen LogP contribution in [0.2, 0.25) is 0 Å². The molecular formula is C15H24BrN3. The van der Waals surface area contributed by atoms with Crippen molar-refractivity contribution in [2.24, 2.45) is 5.92 Å². The standard InChI is InChI=1S/C15H24BrN3/c1-11(2)8-17-10-14-5-4-6-19(14)15-12(3)7-13(16)9-18-15/h7,9,11,14,17H,4-6,8,10H2,1-3H3. The quantitative estimate of drug-likeness (QED) is 0.899. The van der Waals surface area contributed by atoms with Gasteiger partial charge in [0.25, 0.3) is 0 Å². The van der Waals surface area contributed by atoms with E-state index in [0.717, 1.165) is 29.9 Å². The summed E-state index contributed by atoms with van der Waals surface area (Å²) < 4.78 is 1.06. The predicted octanol–water partition coefficient (Wildman–Crippen LogP) is 3.37. The van der Waals surface area contributed by atoms with Gasteiger partial charge < -0.3 is 10.2 Å². The summed E-state index contributed by atoms with van der Waals surface area (Å²) in [5.41, 5.74) is 1.25. The monoisotopic (exact) mass is 325 g/mol. The molecule has 1 aliphatic rings. The van der Waals surface area contributed by atoms with Crippen molar-refractivity contribution in [3.63, 3.8) is 0 Å². The highest BCUT2D eigenvalue weighted by atomic mass is 79.9. The summed E-state index contributed by atoms with van der Waals surface area (Å²) in [6, 6.07) is 2.74. The molecule has 3 nitrogen and oxygen atoms in total. The van der Waals surface area contributed by atoms with Gasteiger partial charge in [-0.1, -0.05) is 13.8 Å². The van der Waals surface area contributed by atoms with Crippen LogP contribution in [0.3, 0.4) is 0 Å². The van der Waals surface area contributed by atoms with Gasteiger partial charge in [0.15, 0.2) is 0 Å². The van der Waals surface area contributed by atoms with Crippen LogP contribution in [0, 0.1) is 12.8 Å². The lowest BCUT2D eigenvalue weighted by atomic mass is 10.2. The van der Waals surface area contributed by atoms with Gasteiger partial charge in [-0.25, -0.2) is 4.98 Å². The Morgan fingerprint density at radius 2 is 2.32 bits per heavy atom. The first-order valence-electron chi connectivity index (χ1n) is 7.17. The normalized spacial score (nSPS) is 19.4. The SMILES string of the molecule is Cc1cc(Br)cnc1N1CCCC1CNCC(C)C. The van der Waals surface area contributed by atoms with Crippen molar-refractivity contribution in [1.29, 1.82) is 0 Å². The van der Waals surface area contributed by atoms with E-state index < -0.39 is 0 Å². The molecule has 1 atom stereocenters. The lowest BCUT2D eigenvalue weighted by Gasteiger charge is -2.27. The topological polar surface area (TPSA) is 28.2 Å². The van der Waals surface area contributed by atoms with E-state index in [2.05, 4.69) is 58.0 Å². The van der Waals surface area contributed by atoms with Crippen LogP contribution >= 0.6 is 15.9 Å². The number of rotatable bonds is 5. The zero-order valence-electron chi connectivity index (χ0n) is 12.1. The number of anilines is 1. The molecule has 106 valence electrons. The van der Waals surface area contributed by atoms with Gasteiger partial charge in [-0.05, 0) is 59.8 Å². The molecule has 1 aromatic heterocycles. The van der Waals surface area contributed by atoms with Crippen molar-refractivity contribution in [3.05, 3.63) is 22.3 Å². The Hall–Kier alpha value is -0.610. The van der Waals surface area contributed by atoms with Crippen LogP contribution in [0.15, 0.2) is 16.7 Å². The zero-order chi connectivity index (χ0) is 13.8. The number of hydrogen-bond donors (Lipinski definition) is 1. The van der Waals surface area contributed by atoms with E-state index in [0.29, 0.717) is 12.0 Å². The van der Waals surface area contributed by atoms with Crippen molar-refractivity contribution in [2.45, 2.75) is 39.7 Å². The van der Waals surface area contributed by atoms with Gasteiger partial charge in [0, 0.05) is 29.8 Å². The molecule has 4 heteroatoms. The molecule has 2 rings (SSSR count). The van der Waals surface area contributed by atoms with Crippen molar-refractivity contribution in [3.8, 4) is 0 Å². The first-order valence-corrected chi connectivity index (χ1v) is 7.96. The van der Waals surface area contributed by atoms with E-state index in [1.54, 1.807) is 0 Å². The second-order valence-corrected chi connectivity index (χ2v) is 6.75. The van der Waals surface area contributed by atoms with Crippen molar-refractivity contribution < 1.29 is 0 Å². The van der Waals surface area contributed by atoms with Gasteiger partial charge in [0.1, 0.15) is 5.82 Å². The van der Waals surface area contributed by atoms with Gasteiger partial charge in [-0.2, -0.15) is 0 Å². The first kappa shape index (κ1) is 14.8. The van der Waals surface area contributed by atoms with Crippen LogP contribution in [0.1, 0.15) is 32.3 Å². The average Bonchev–Trinajstić information content (AvgIpc) is 2.77.